The van der Waals surface area contributed by atoms with Gasteiger partial charge in [0.15, 0.2) is 0 Å². The van der Waals surface area contributed by atoms with Gasteiger partial charge in [0.05, 0.1) is 0 Å². The molecule has 1 fully saturated rings. The van der Waals surface area contributed by atoms with Crippen molar-refractivity contribution in [3.05, 3.63) is 34.9 Å². The molecule has 1 atom stereocenters. The number of aryl methyl sites for hydroxylation is 1. The van der Waals surface area contributed by atoms with E-state index in [1.165, 1.54) is 5.56 Å². The van der Waals surface area contributed by atoms with Gasteiger partial charge in [-0.05, 0) is 37.1 Å². The Morgan fingerprint density at radius 3 is 2.94 bits per heavy atom. The van der Waals surface area contributed by atoms with Crippen LogP contribution in [0.5, 0.6) is 0 Å². The highest BCUT2D eigenvalue weighted by atomic mass is 16.1. The lowest BCUT2D eigenvalue weighted by molar-refractivity contribution is 0.1000. The molecular formula is C14H21N3O. The van der Waals surface area contributed by atoms with Crippen molar-refractivity contribution < 1.29 is 4.79 Å². The zero-order valence-corrected chi connectivity index (χ0v) is 11.1. The predicted molar refractivity (Wildman–Crippen MR) is 72.4 cm³/mol. The molecule has 0 bridgehead atoms. The monoisotopic (exact) mass is 247 g/mol. The number of nitrogens with zero attached hydrogens (tertiary/aromatic N) is 1. The Labute approximate surface area is 108 Å². The van der Waals surface area contributed by atoms with Gasteiger partial charge in [-0.3, -0.25) is 9.69 Å². The lowest BCUT2D eigenvalue weighted by atomic mass is 10.0. The molecule has 0 spiro atoms. The zero-order valence-electron chi connectivity index (χ0n) is 11.1. The van der Waals surface area contributed by atoms with Crippen molar-refractivity contribution in [2.24, 2.45) is 5.73 Å². The van der Waals surface area contributed by atoms with E-state index in [0.717, 1.165) is 31.7 Å². The van der Waals surface area contributed by atoms with Crippen LogP contribution in [0.25, 0.3) is 0 Å². The molecule has 0 aromatic heterocycles. The molecule has 4 nitrogen and oxygen atoms in total. The number of nitrogens with two attached hydrogens (primary N) is 1. The summed E-state index contributed by atoms with van der Waals surface area (Å²) in [6.07, 6.45) is 0. The third-order valence-corrected chi connectivity index (χ3v) is 3.64. The smallest absolute Gasteiger partial charge is 0.248 e. The highest BCUT2D eigenvalue weighted by Crippen LogP contribution is 2.15. The first-order chi connectivity index (χ1) is 8.58. The molecule has 1 amide bonds. The normalized spacial score (nSPS) is 20.9. The molecule has 0 radical (unpaired) electrons. The van der Waals surface area contributed by atoms with Crippen molar-refractivity contribution in [2.75, 3.05) is 19.6 Å². The summed E-state index contributed by atoms with van der Waals surface area (Å²) < 4.78 is 0. The lowest BCUT2D eigenvalue weighted by Gasteiger charge is -2.34. The van der Waals surface area contributed by atoms with Crippen LogP contribution in [0.1, 0.15) is 28.4 Å². The van der Waals surface area contributed by atoms with Crippen LogP contribution in [-0.2, 0) is 6.54 Å². The first-order valence-electron chi connectivity index (χ1n) is 6.42. The van der Waals surface area contributed by atoms with Gasteiger partial charge in [0.1, 0.15) is 0 Å². The van der Waals surface area contributed by atoms with Gasteiger partial charge in [0.2, 0.25) is 5.91 Å². The van der Waals surface area contributed by atoms with Crippen molar-refractivity contribution in [1.29, 1.82) is 0 Å². The summed E-state index contributed by atoms with van der Waals surface area (Å²) in [7, 11) is 0. The molecule has 2 rings (SSSR count). The average molecular weight is 247 g/mol. The summed E-state index contributed by atoms with van der Waals surface area (Å²) in [6, 6.07) is 6.26. The van der Waals surface area contributed by atoms with Gasteiger partial charge in [-0.1, -0.05) is 6.07 Å². The van der Waals surface area contributed by atoms with E-state index in [-0.39, 0.29) is 5.91 Å². The Morgan fingerprint density at radius 1 is 1.56 bits per heavy atom. The summed E-state index contributed by atoms with van der Waals surface area (Å²) >= 11 is 0. The summed E-state index contributed by atoms with van der Waals surface area (Å²) in [5.41, 5.74) is 8.28. The molecular weight excluding hydrogens is 226 g/mol. The maximum atomic E-state index is 11.1. The minimum absolute atomic E-state index is 0.361. The molecule has 1 aromatic carbocycles. The van der Waals surface area contributed by atoms with E-state index in [0.29, 0.717) is 11.6 Å². The van der Waals surface area contributed by atoms with Crippen LogP contribution in [0.2, 0.25) is 0 Å². The second-order valence-corrected chi connectivity index (χ2v) is 5.03. The van der Waals surface area contributed by atoms with Crippen LogP contribution >= 0.6 is 0 Å². The van der Waals surface area contributed by atoms with E-state index in [4.69, 9.17) is 5.73 Å². The molecule has 3 N–H and O–H groups in total. The van der Waals surface area contributed by atoms with E-state index in [9.17, 15) is 4.79 Å². The number of nitrogens with one attached hydrogen (secondary N) is 1. The Balaban J connectivity index is 2.11. The summed E-state index contributed by atoms with van der Waals surface area (Å²) in [4.78, 5) is 13.6. The van der Waals surface area contributed by atoms with Crippen molar-refractivity contribution in [1.82, 2.24) is 10.2 Å². The largest absolute Gasteiger partial charge is 0.366 e. The topological polar surface area (TPSA) is 58.4 Å². The fourth-order valence-electron chi connectivity index (χ4n) is 2.36. The Kier molecular flexibility index (Phi) is 3.99. The van der Waals surface area contributed by atoms with Crippen LogP contribution in [0.15, 0.2) is 18.2 Å². The van der Waals surface area contributed by atoms with Gasteiger partial charge in [-0.2, -0.15) is 0 Å². The maximum Gasteiger partial charge on any atom is 0.248 e. The number of carbonyl (C=O) groups excluding carboxylic acids is 1. The number of hydrogen-bond acceptors (Lipinski definition) is 3. The fraction of sp³-hybridized carbons (Fsp3) is 0.500. The number of hydrogen-bond donors (Lipinski definition) is 2. The molecule has 0 unspecified atom stereocenters. The van der Waals surface area contributed by atoms with Crippen molar-refractivity contribution >= 4 is 5.91 Å². The molecule has 1 aliphatic rings. The predicted octanol–water partition coefficient (Wildman–Crippen LogP) is 0.888. The van der Waals surface area contributed by atoms with E-state index in [2.05, 4.69) is 17.1 Å². The molecule has 18 heavy (non-hydrogen) atoms. The Hall–Kier alpha value is -1.39. The first kappa shape index (κ1) is 13.1. The summed E-state index contributed by atoms with van der Waals surface area (Å²) in [6.45, 7) is 8.36. The zero-order chi connectivity index (χ0) is 13.1. The third-order valence-electron chi connectivity index (χ3n) is 3.64. The van der Waals surface area contributed by atoms with E-state index < -0.39 is 0 Å². The standard InChI is InChI=1S/C14H21N3O/c1-10-7-12(14(15)18)3-4-13(10)9-17-6-5-16-8-11(17)2/h3-4,7,11,16H,5-6,8-9H2,1-2H3,(H2,15,18)/t11-/m0/s1. The fourth-order valence-corrected chi connectivity index (χ4v) is 2.36. The van der Waals surface area contributed by atoms with Gasteiger partial charge in [-0.15, -0.1) is 0 Å². The van der Waals surface area contributed by atoms with Crippen LogP contribution < -0.4 is 11.1 Å². The quantitative estimate of drug-likeness (QED) is 0.834. The highest BCUT2D eigenvalue weighted by Gasteiger charge is 2.18. The number of benzene rings is 1. The van der Waals surface area contributed by atoms with Crippen LogP contribution in [-0.4, -0.2) is 36.5 Å². The number of primary amides is 1. The van der Waals surface area contributed by atoms with Gasteiger partial charge in [0, 0.05) is 37.8 Å². The number of amides is 1. The van der Waals surface area contributed by atoms with Gasteiger partial charge < -0.3 is 11.1 Å². The minimum Gasteiger partial charge on any atom is -0.366 e. The van der Waals surface area contributed by atoms with Crippen molar-refractivity contribution in [3.8, 4) is 0 Å². The van der Waals surface area contributed by atoms with Crippen LogP contribution in [0.4, 0.5) is 0 Å². The molecule has 0 saturated carbocycles. The van der Waals surface area contributed by atoms with Crippen molar-refractivity contribution in [2.45, 2.75) is 26.4 Å². The SMILES string of the molecule is Cc1cc(C(N)=O)ccc1CN1CCNC[C@@H]1C. The van der Waals surface area contributed by atoms with E-state index in [1.807, 2.05) is 25.1 Å². The summed E-state index contributed by atoms with van der Waals surface area (Å²) in [5.74, 6) is -0.361. The van der Waals surface area contributed by atoms with E-state index in [1.54, 1.807) is 0 Å². The second-order valence-electron chi connectivity index (χ2n) is 5.03. The molecule has 1 heterocycles. The minimum atomic E-state index is -0.361. The molecule has 1 aliphatic heterocycles. The molecule has 4 heteroatoms. The second kappa shape index (κ2) is 5.50. The Bertz CT molecular complexity index is 445. The van der Waals surface area contributed by atoms with Crippen LogP contribution in [0, 0.1) is 6.92 Å². The van der Waals surface area contributed by atoms with Gasteiger partial charge in [0.25, 0.3) is 0 Å². The number of rotatable bonds is 3. The molecule has 1 saturated heterocycles. The molecule has 98 valence electrons. The number of carbonyl (C=O) groups is 1. The van der Waals surface area contributed by atoms with Crippen LogP contribution in [0.3, 0.4) is 0 Å². The molecule has 1 aromatic rings. The average Bonchev–Trinajstić information content (AvgIpc) is 2.34. The summed E-state index contributed by atoms with van der Waals surface area (Å²) in [5, 5.41) is 3.39. The Morgan fingerprint density at radius 2 is 2.33 bits per heavy atom. The molecule has 0 aliphatic carbocycles. The van der Waals surface area contributed by atoms with E-state index >= 15 is 0 Å². The lowest BCUT2D eigenvalue weighted by Crippen LogP contribution is -2.49. The third kappa shape index (κ3) is 2.89. The van der Waals surface area contributed by atoms with Gasteiger partial charge >= 0.3 is 0 Å². The van der Waals surface area contributed by atoms with Gasteiger partial charge in [-0.25, -0.2) is 0 Å². The maximum absolute atomic E-state index is 11.1. The first-order valence-corrected chi connectivity index (χ1v) is 6.42. The number of piperazine rings is 1. The highest BCUT2D eigenvalue weighted by molar-refractivity contribution is 5.93. The van der Waals surface area contributed by atoms with Crippen molar-refractivity contribution in [3.63, 3.8) is 0 Å².